The molecule has 13 heavy (non-hydrogen) atoms. The SMILES string of the molecule is Cc1[nH]c2ncc(Cl)cc2c1C#N. The lowest BCUT2D eigenvalue weighted by Gasteiger charge is -1.89. The molecule has 2 rings (SSSR count). The minimum Gasteiger partial charge on any atom is -0.342 e. The van der Waals surface area contributed by atoms with Gasteiger partial charge >= 0.3 is 0 Å². The van der Waals surface area contributed by atoms with Gasteiger partial charge in [0, 0.05) is 17.3 Å². The van der Waals surface area contributed by atoms with Crippen LogP contribution in [0.2, 0.25) is 5.02 Å². The number of H-pyrrole nitrogens is 1. The quantitative estimate of drug-likeness (QED) is 0.695. The van der Waals surface area contributed by atoms with E-state index >= 15 is 0 Å². The number of nitriles is 1. The number of aryl methyl sites for hydroxylation is 1. The molecule has 4 heteroatoms. The topological polar surface area (TPSA) is 52.5 Å². The van der Waals surface area contributed by atoms with E-state index in [1.165, 1.54) is 0 Å². The molecule has 0 bridgehead atoms. The van der Waals surface area contributed by atoms with Gasteiger partial charge in [0.05, 0.1) is 10.6 Å². The minimum absolute atomic E-state index is 0.544. The molecule has 0 fully saturated rings. The van der Waals surface area contributed by atoms with Crippen LogP contribution in [0.1, 0.15) is 11.3 Å². The summed E-state index contributed by atoms with van der Waals surface area (Å²) in [4.78, 5) is 7.08. The summed E-state index contributed by atoms with van der Waals surface area (Å²) in [6.07, 6.45) is 1.56. The Balaban J connectivity index is 2.91. The van der Waals surface area contributed by atoms with Crippen molar-refractivity contribution in [3.8, 4) is 6.07 Å². The molecule has 2 heterocycles. The lowest BCUT2D eigenvalue weighted by molar-refractivity contribution is 1.24. The van der Waals surface area contributed by atoms with Crippen molar-refractivity contribution in [1.29, 1.82) is 5.26 Å². The second-order valence-corrected chi connectivity index (χ2v) is 3.22. The van der Waals surface area contributed by atoms with Crippen molar-refractivity contribution in [1.82, 2.24) is 9.97 Å². The van der Waals surface area contributed by atoms with Crippen molar-refractivity contribution in [3.05, 3.63) is 28.5 Å². The molecule has 0 unspecified atom stereocenters. The number of hydrogen-bond donors (Lipinski definition) is 1. The molecule has 0 amide bonds. The fourth-order valence-corrected chi connectivity index (χ4v) is 1.47. The maximum absolute atomic E-state index is 8.86. The summed E-state index contributed by atoms with van der Waals surface area (Å²) < 4.78 is 0. The summed E-state index contributed by atoms with van der Waals surface area (Å²) in [5.41, 5.74) is 2.15. The van der Waals surface area contributed by atoms with Crippen molar-refractivity contribution < 1.29 is 0 Å². The zero-order chi connectivity index (χ0) is 9.42. The molecule has 2 aromatic rings. The summed E-state index contributed by atoms with van der Waals surface area (Å²) >= 11 is 5.77. The van der Waals surface area contributed by atoms with Crippen LogP contribution in [-0.4, -0.2) is 9.97 Å². The number of nitrogens with zero attached hydrogens (tertiary/aromatic N) is 2. The van der Waals surface area contributed by atoms with E-state index in [-0.39, 0.29) is 0 Å². The second kappa shape index (κ2) is 2.75. The van der Waals surface area contributed by atoms with E-state index in [1.807, 2.05) is 6.92 Å². The average Bonchev–Trinajstić information content (AvgIpc) is 2.40. The Morgan fingerprint density at radius 2 is 2.38 bits per heavy atom. The first-order chi connectivity index (χ1) is 6.22. The smallest absolute Gasteiger partial charge is 0.138 e. The second-order valence-electron chi connectivity index (χ2n) is 2.79. The third-order valence-corrected chi connectivity index (χ3v) is 2.12. The largest absolute Gasteiger partial charge is 0.342 e. The van der Waals surface area contributed by atoms with Crippen LogP contribution in [0.25, 0.3) is 11.0 Å². The maximum atomic E-state index is 8.86. The van der Waals surface area contributed by atoms with Crippen LogP contribution in [0, 0.1) is 18.3 Å². The minimum atomic E-state index is 0.544. The molecule has 0 aliphatic rings. The first-order valence-electron chi connectivity index (χ1n) is 3.76. The molecular weight excluding hydrogens is 186 g/mol. The van der Waals surface area contributed by atoms with Crippen molar-refractivity contribution in [2.45, 2.75) is 6.92 Å². The predicted octanol–water partition coefficient (Wildman–Crippen LogP) is 2.40. The summed E-state index contributed by atoms with van der Waals surface area (Å²) in [5, 5.41) is 10.2. The Labute approximate surface area is 80.0 Å². The third kappa shape index (κ3) is 1.16. The number of hydrogen-bond acceptors (Lipinski definition) is 2. The zero-order valence-corrected chi connectivity index (χ0v) is 7.68. The number of pyridine rings is 1. The van der Waals surface area contributed by atoms with Crippen LogP contribution in [0.4, 0.5) is 0 Å². The number of rotatable bonds is 0. The van der Waals surface area contributed by atoms with Gasteiger partial charge < -0.3 is 4.98 Å². The third-order valence-electron chi connectivity index (χ3n) is 1.92. The number of aromatic amines is 1. The van der Waals surface area contributed by atoms with E-state index in [1.54, 1.807) is 12.3 Å². The van der Waals surface area contributed by atoms with Crippen LogP contribution < -0.4 is 0 Å². The van der Waals surface area contributed by atoms with Gasteiger partial charge in [-0.25, -0.2) is 4.98 Å². The Kier molecular flexibility index (Phi) is 1.71. The molecule has 1 N–H and O–H groups in total. The predicted molar refractivity (Wildman–Crippen MR) is 50.6 cm³/mol. The molecule has 0 aliphatic carbocycles. The van der Waals surface area contributed by atoms with Crippen LogP contribution >= 0.6 is 11.6 Å². The lowest BCUT2D eigenvalue weighted by atomic mass is 10.2. The van der Waals surface area contributed by atoms with Gasteiger partial charge in [-0.15, -0.1) is 0 Å². The molecular formula is C9H6ClN3. The highest BCUT2D eigenvalue weighted by molar-refractivity contribution is 6.31. The number of nitrogens with one attached hydrogen (secondary N) is 1. The fraction of sp³-hybridized carbons (Fsp3) is 0.111. The first kappa shape index (κ1) is 8.09. The number of halogens is 1. The zero-order valence-electron chi connectivity index (χ0n) is 6.93. The van der Waals surface area contributed by atoms with Gasteiger partial charge in [-0.2, -0.15) is 5.26 Å². The number of aromatic nitrogens is 2. The molecule has 0 saturated heterocycles. The Morgan fingerprint density at radius 3 is 3.08 bits per heavy atom. The maximum Gasteiger partial charge on any atom is 0.138 e. The first-order valence-corrected chi connectivity index (χ1v) is 4.14. The van der Waals surface area contributed by atoms with Gasteiger partial charge in [0.15, 0.2) is 0 Å². The van der Waals surface area contributed by atoms with Gasteiger partial charge in [-0.3, -0.25) is 0 Å². The molecule has 0 radical (unpaired) electrons. The van der Waals surface area contributed by atoms with Crippen molar-refractivity contribution in [2.24, 2.45) is 0 Å². The summed E-state index contributed by atoms with van der Waals surface area (Å²) in [6, 6.07) is 3.86. The molecule has 64 valence electrons. The Morgan fingerprint density at radius 1 is 1.62 bits per heavy atom. The standard InChI is InChI=1S/C9H6ClN3/c1-5-8(3-11)7-2-6(10)4-12-9(7)13-5/h2,4H,1H3,(H,12,13). The highest BCUT2D eigenvalue weighted by Gasteiger charge is 2.08. The van der Waals surface area contributed by atoms with Crippen LogP contribution in [0.5, 0.6) is 0 Å². The molecule has 0 atom stereocenters. The highest BCUT2D eigenvalue weighted by atomic mass is 35.5. The van der Waals surface area contributed by atoms with Gasteiger partial charge in [0.25, 0.3) is 0 Å². The average molecular weight is 192 g/mol. The van der Waals surface area contributed by atoms with Crippen LogP contribution in [0.15, 0.2) is 12.3 Å². The van der Waals surface area contributed by atoms with Crippen molar-refractivity contribution in [3.63, 3.8) is 0 Å². The normalized spacial score (nSPS) is 10.2. The fourth-order valence-electron chi connectivity index (χ4n) is 1.32. The monoisotopic (exact) mass is 191 g/mol. The van der Waals surface area contributed by atoms with Gasteiger partial charge in [0.2, 0.25) is 0 Å². The Hall–Kier alpha value is -1.53. The summed E-state index contributed by atoms with van der Waals surface area (Å²) in [7, 11) is 0. The highest BCUT2D eigenvalue weighted by Crippen LogP contribution is 2.22. The van der Waals surface area contributed by atoms with E-state index in [9.17, 15) is 0 Å². The molecule has 0 spiro atoms. The molecule has 0 aliphatic heterocycles. The van der Waals surface area contributed by atoms with E-state index in [0.717, 1.165) is 11.1 Å². The Bertz CT molecular complexity index is 507. The number of fused-ring (bicyclic) bond motifs is 1. The van der Waals surface area contributed by atoms with E-state index in [0.29, 0.717) is 16.2 Å². The lowest BCUT2D eigenvalue weighted by Crippen LogP contribution is -1.75. The molecule has 2 aromatic heterocycles. The van der Waals surface area contributed by atoms with E-state index in [4.69, 9.17) is 16.9 Å². The molecule has 3 nitrogen and oxygen atoms in total. The van der Waals surface area contributed by atoms with E-state index in [2.05, 4.69) is 16.0 Å². The van der Waals surface area contributed by atoms with Crippen molar-refractivity contribution >= 4 is 22.6 Å². The van der Waals surface area contributed by atoms with Gasteiger partial charge in [-0.05, 0) is 13.0 Å². The van der Waals surface area contributed by atoms with E-state index < -0.39 is 0 Å². The summed E-state index contributed by atoms with van der Waals surface area (Å²) in [6.45, 7) is 1.84. The molecule has 0 aromatic carbocycles. The molecule has 0 saturated carbocycles. The van der Waals surface area contributed by atoms with Crippen molar-refractivity contribution in [2.75, 3.05) is 0 Å². The summed E-state index contributed by atoms with van der Waals surface area (Å²) in [5.74, 6) is 0. The van der Waals surface area contributed by atoms with Gasteiger partial charge in [0.1, 0.15) is 11.7 Å². The van der Waals surface area contributed by atoms with Crippen LogP contribution in [-0.2, 0) is 0 Å². The van der Waals surface area contributed by atoms with Crippen LogP contribution in [0.3, 0.4) is 0 Å². The van der Waals surface area contributed by atoms with Gasteiger partial charge in [-0.1, -0.05) is 11.6 Å².